The lowest BCUT2D eigenvalue weighted by atomic mass is 10.1. The summed E-state index contributed by atoms with van der Waals surface area (Å²) in [6, 6.07) is 5.75. The number of benzene rings is 1. The number of carbonyl (C=O) groups excluding carboxylic acids is 1. The number of amides is 1. The number of nitrogens with zero attached hydrogens (tertiary/aromatic N) is 2. The Morgan fingerprint density at radius 3 is 2.33 bits per heavy atom. The lowest BCUT2D eigenvalue weighted by Gasteiger charge is -2.35. The van der Waals surface area contributed by atoms with Gasteiger partial charge in [0.05, 0.1) is 27.2 Å². The maximum absolute atomic E-state index is 12.1. The summed E-state index contributed by atoms with van der Waals surface area (Å²) in [5, 5.41) is 0. The third-order valence-electron chi connectivity index (χ3n) is 4.31. The van der Waals surface area contributed by atoms with E-state index in [9.17, 15) is 18.0 Å². The number of halogens is 3. The molecule has 0 aliphatic carbocycles. The Morgan fingerprint density at radius 2 is 1.74 bits per heavy atom. The molecule has 1 fully saturated rings. The number of rotatable bonds is 8. The summed E-state index contributed by atoms with van der Waals surface area (Å²) in [5.41, 5.74) is 1.08. The molecule has 0 aromatic heterocycles. The third kappa shape index (κ3) is 6.91. The van der Waals surface area contributed by atoms with E-state index >= 15 is 0 Å². The van der Waals surface area contributed by atoms with Crippen molar-refractivity contribution in [3.05, 3.63) is 23.8 Å². The van der Waals surface area contributed by atoms with Crippen LogP contribution in [0.5, 0.6) is 11.5 Å². The molecule has 0 atom stereocenters. The molecule has 0 saturated carbocycles. The molecule has 2 rings (SSSR count). The fourth-order valence-electron chi connectivity index (χ4n) is 2.90. The van der Waals surface area contributed by atoms with E-state index in [4.69, 9.17) is 9.47 Å². The number of hydrogen-bond acceptors (Lipinski definition) is 5. The zero-order valence-electron chi connectivity index (χ0n) is 15.6. The standard InChI is InChI=1S/C18H25F3N2O4/c1-25-15-4-3-14(11-16(15)26-2)12-22-6-8-23(9-7-22)17(24)5-10-27-13-18(19,20)21/h3-4,11H,5-10,12-13H2,1-2H3. The highest BCUT2D eigenvalue weighted by atomic mass is 19.4. The second-order valence-corrected chi connectivity index (χ2v) is 6.26. The van der Waals surface area contributed by atoms with Gasteiger partial charge in [0.1, 0.15) is 6.61 Å². The van der Waals surface area contributed by atoms with Crippen LogP contribution in [0.1, 0.15) is 12.0 Å². The van der Waals surface area contributed by atoms with Crippen LogP contribution in [0, 0.1) is 0 Å². The van der Waals surface area contributed by atoms with Gasteiger partial charge in [0, 0.05) is 32.7 Å². The Kier molecular flexibility index (Phi) is 7.73. The molecule has 0 N–H and O–H groups in total. The Hall–Kier alpha value is -2.00. The van der Waals surface area contributed by atoms with E-state index in [0.717, 1.165) is 12.1 Å². The van der Waals surface area contributed by atoms with Crippen LogP contribution in [-0.4, -0.2) is 75.5 Å². The third-order valence-corrected chi connectivity index (χ3v) is 4.31. The Morgan fingerprint density at radius 1 is 1.07 bits per heavy atom. The van der Waals surface area contributed by atoms with Gasteiger partial charge in [-0.25, -0.2) is 0 Å². The summed E-state index contributed by atoms with van der Waals surface area (Å²) < 4.78 is 51.0. The van der Waals surface area contributed by atoms with Gasteiger partial charge in [-0.3, -0.25) is 9.69 Å². The molecule has 27 heavy (non-hydrogen) atoms. The van der Waals surface area contributed by atoms with Crippen LogP contribution in [0.4, 0.5) is 13.2 Å². The summed E-state index contributed by atoms with van der Waals surface area (Å²) in [6.07, 6.45) is -4.40. The van der Waals surface area contributed by atoms with Crippen molar-refractivity contribution in [2.45, 2.75) is 19.1 Å². The number of hydrogen-bond donors (Lipinski definition) is 0. The molecular weight excluding hydrogens is 365 g/mol. The highest BCUT2D eigenvalue weighted by Gasteiger charge is 2.28. The summed E-state index contributed by atoms with van der Waals surface area (Å²) >= 11 is 0. The molecule has 152 valence electrons. The molecule has 1 aliphatic rings. The molecule has 0 bridgehead atoms. The molecule has 0 unspecified atom stereocenters. The van der Waals surface area contributed by atoms with Gasteiger partial charge in [-0.1, -0.05) is 6.07 Å². The molecule has 1 saturated heterocycles. The van der Waals surface area contributed by atoms with Gasteiger partial charge < -0.3 is 19.1 Å². The van der Waals surface area contributed by atoms with Gasteiger partial charge in [0.2, 0.25) is 5.91 Å². The van der Waals surface area contributed by atoms with Crippen molar-refractivity contribution in [2.75, 3.05) is 53.6 Å². The van der Waals surface area contributed by atoms with Crippen molar-refractivity contribution >= 4 is 5.91 Å². The van der Waals surface area contributed by atoms with Crippen LogP contribution in [0.3, 0.4) is 0 Å². The number of carbonyl (C=O) groups is 1. The van der Waals surface area contributed by atoms with Crippen LogP contribution < -0.4 is 9.47 Å². The van der Waals surface area contributed by atoms with E-state index < -0.39 is 12.8 Å². The fourth-order valence-corrected chi connectivity index (χ4v) is 2.90. The molecule has 0 radical (unpaired) electrons. The topological polar surface area (TPSA) is 51.2 Å². The van der Waals surface area contributed by atoms with Crippen molar-refractivity contribution in [2.24, 2.45) is 0 Å². The lowest BCUT2D eigenvalue weighted by molar-refractivity contribution is -0.175. The van der Waals surface area contributed by atoms with Crippen LogP contribution in [0.15, 0.2) is 18.2 Å². The van der Waals surface area contributed by atoms with Crippen LogP contribution in [0.25, 0.3) is 0 Å². The Balaban J connectivity index is 1.74. The minimum atomic E-state index is -4.36. The van der Waals surface area contributed by atoms with E-state index in [1.807, 2.05) is 18.2 Å². The first kappa shape index (κ1) is 21.3. The van der Waals surface area contributed by atoms with E-state index in [0.29, 0.717) is 37.7 Å². The summed E-state index contributed by atoms with van der Waals surface area (Å²) in [7, 11) is 3.17. The minimum absolute atomic E-state index is 0.0360. The smallest absolute Gasteiger partial charge is 0.411 e. The average Bonchev–Trinajstić information content (AvgIpc) is 2.64. The number of piperazine rings is 1. The van der Waals surface area contributed by atoms with Gasteiger partial charge in [-0.05, 0) is 17.7 Å². The zero-order chi connectivity index (χ0) is 19.9. The maximum Gasteiger partial charge on any atom is 0.411 e. The van der Waals surface area contributed by atoms with Crippen molar-refractivity contribution < 1.29 is 32.2 Å². The van der Waals surface area contributed by atoms with E-state index in [-0.39, 0.29) is 18.9 Å². The SMILES string of the molecule is COc1ccc(CN2CCN(C(=O)CCOCC(F)(F)F)CC2)cc1OC. The Labute approximate surface area is 156 Å². The van der Waals surface area contributed by atoms with Gasteiger partial charge >= 0.3 is 6.18 Å². The van der Waals surface area contributed by atoms with Crippen molar-refractivity contribution in [1.82, 2.24) is 9.80 Å². The second-order valence-electron chi connectivity index (χ2n) is 6.26. The average molecular weight is 390 g/mol. The predicted octanol–water partition coefficient (Wildman–Crippen LogP) is 2.32. The lowest BCUT2D eigenvalue weighted by Crippen LogP contribution is -2.48. The van der Waals surface area contributed by atoms with Crippen molar-refractivity contribution in [3.63, 3.8) is 0 Å². The largest absolute Gasteiger partial charge is 0.493 e. The molecule has 1 amide bonds. The number of alkyl halides is 3. The summed E-state index contributed by atoms with van der Waals surface area (Å²) in [5.74, 6) is 1.16. The molecule has 1 aromatic rings. The van der Waals surface area contributed by atoms with Gasteiger partial charge in [-0.15, -0.1) is 0 Å². The highest BCUT2D eigenvalue weighted by molar-refractivity contribution is 5.76. The number of methoxy groups -OCH3 is 2. The fraction of sp³-hybridized carbons (Fsp3) is 0.611. The maximum atomic E-state index is 12.1. The van der Waals surface area contributed by atoms with E-state index in [2.05, 4.69) is 9.64 Å². The highest BCUT2D eigenvalue weighted by Crippen LogP contribution is 2.28. The molecule has 1 heterocycles. The summed E-state index contributed by atoms with van der Waals surface area (Å²) in [6.45, 7) is 1.67. The van der Waals surface area contributed by atoms with E-state index in [1.165, 1.54) is 0 Å². The van der Waals surface area contributed by atoms with Gasteiger partial charge in [0.25, 0.3) is 0 Å². The van der Waals surface area contributed by atoms with Crippen LogP contribution in [-0.2, 0) is 16.1 Å². The number of ether oxygens (including phenoxy) is 3. The normalized spacial score (nSPS) is 15.7. The van der Waals surface area contributed by atoms with Crippen LogP contribution in [0.2, 0.25) is 0 Å². The molecule has 1 aromatic carbocycles. The van der Waals surface area contributed by atoms with Gasteiger partial charge in [-0.2, -0.15) is 13.2 Å². The quantitative estimate of drug-likeness (QED) is 0.638. The molecule has 0 spiro atoms. The van der Waals surface area contributed by atoms with Crippen LogP contribution >= 0.6 is 0 Å². The zero-order valence-corrected chi connectivity index (χ0v) is 15.6. The van der Waals surface area contributed by atoms with Crippen molar-refractivity contribution in [3.8, 4) is 11.5 Å². The first-order valence-corrected chi connectivity index (χ1v) is 8.68. The monoisotopic (exact) mass is 390 g/mol. The first-order valence-electron chi connectivity index (χ1n) is 8.68. The predicted molar refractivity (Wildman–Crippen MR) is 92.9 cm³/mol. The minimum Gasteiger partial charge on any atom is -0.493 e. The second kappa shape index (κ2) is 9.80. The summed E-state index contributed by atoms with van der Waals surface area (Å²) in [4.78, 5) is 15.9. The Bertz CT molecular complexity index is 617. The van der Waals surface area contributed by atoms with Crippen molar-refractivity contribution in [1.29, 1.82) is 0 Å². The molecule has 9 heteroatoms. The molecule has 1 aliphatic heterocycles. The van der Waals surface area contributed by atoms with Gasteiger partial charge in [0.15, 0.2) is 11.5 Å². The first-order chi connectivity index (χ1) is 12.8. The molecular formula is C18H25F3N2O4. The van der Waals surface area contributed by atoms with E-state index in [1.54, 1.807) is 19.1 Å². The molecule has 6 nitrogen and oxygen atoms in total.